The van der Waals surface area contributed by atoms with Crippen molar-refractivity contribution in [2.45, 2.75) is 50.1 Å². The van der Waals surface area contributed by atoms with Gasteiger partial charge in [0.05, 0.1) is 30.1 Å². The van der Waals surface area contributed by atoms with Crippen LogP contribution < -0.4 is 26.6 Å². The molecule has 0 radical (unpaired) electrons. The molecular weight excluding hydrogens is 392 g/mol. The summed E-state index contributed by atoms with van der Waals surface area (Å²) in [5.74, 6) is 0.270. The molecule has 2 fully saturated rings. The van der Waals surface area contributed by atoms with Crippen molar-refractivity contribution in [1.29, 1.82) is 0 Å². The fraction of sp³-hybridized carbons (Fsp3) is 0.429. The van der Waals surface area contributed by atoms with E-state index in [9.17, 15) is 4.79 Å². The summed E-state index contributed by atoms with van der Waals surface area (Å²) < 4.78 is 5.61. The van der Waals surface area contributed by atoms with Crippen LogP contribution in [0.25, 0.3) is 0 Å². The van der Waals surface area contributed by atoms with Crippen molar-refractivity contribution in [2.24, 2.45) is 0 Å². The lowest BCUT2D eigenvalue weighted by Crippen LogP contribution is -3.14. The van der Waals surface area contributed by atoms with Crippen LogP contribution in [0.5, 0.6) is 5.75 Å². The Morgan fingerprint density at radius 1 is 1.31 bits per heavy atom. The summed E-state index contributed by atoms with van der Waals surface area (Å²) in [5, 5.41) is 0. The highest BCUT2D eigenvalue weighted by Crippen LogP contribution is 2.45. The Balaban J connectivity index is 0.00000196. The molecule has 138 valence electrons. The lowest BCUT2D eigenvalue weighted by atomic mass is 9.67. The zero-order chi connectivity index (χ0) is 17.4. The van der Waals surface area contributed by atoms with Crippen LogP contribution in [0.15, 0.2) is 48.8 Å². The molecule has 0 amide bonds. The van der Waals surface area contributed by atoms with Gasteiger partial charge in [0.15, 0.2) is 0 Å². The summed E-state index contributed by atoms with van der Waals surface area (Å²) in [7, 11) is 2.33. The molecule has 2 aliphatic rings. The summed E-state index contributed by atoms with van der Waals surface area (Å²) in [6.45, 7) is 2.37. The van der Waals surface area contributed by atoms with Crippen LogP contribution in [0.2, 0.25) is 0 Å². The van der Waals surface area contributed by atoms with Gasteiger partial charge in [0, 0.05) is 18.8 Å². The molecule has 0 spiro atoms. The number of benzene rings is 1. The zero-order valence-corrected chi connectivity index (χ0v) is 16.8. The number of carbonyl (C=O) groups excluding carboxylic acids is 1. The van der Waals surface area contributed by atoms with E-state index < -0.39 is 0 Å². The number of quaternary nitrogens is 1. The smallest absolute Gasteiger partial charge is 0.345 e. The summed E-state index contributed by atoms with van der Waals surface area (Å²) in [6.07, 6.45) is 8.26. The minimum absolute atomic E-state index is 0. The molecule has 1 saturated carbocycles. The van der Waals surface area contributed by atoms with Gasteiger partial charge in [0.2, 0.25) is 0 Å². The molecule has 4 rings (SSSR count). The Bertz CT molecular complexity index is 783. The van der Waals surface area contributed by atoms with E-state index in [-0.39, 0.29) is 28.4 Å². The van der Waals surface area contributed by atoms with Crippen LogP contribution in [-0.4, -0.2) is 30.1 Å². The molecule has 2 aromatic rings. The summed E-state index contributed by atoms with van der Waals surface area (Å²) in [6, 6.07) is 13.0. The summed E-state index contributed by atoms with van der Waals surface area (Å²) in [4.78, 5) is 17.9. The minimum Gasteiger partial charge on any atom is -1.00 e. The first-order valence-corrected chi connectivity index (χ1v) is 9.16. The molecule has 26 heavy (non-hydrogen) atoms. The molecule has 1 aliphatic carbocycles. The first kappa shape index (κ1) is 19.1. The van der Waals surface area contributed by atoms with Gasteiger partial charge in [0.1, 0.15) is 5.75 Å². The van der Waals surface area contributed by atoms with Gasteiger partial charge in [-0.15, -0.1) is 0 Å². The SMILES string of the molecule is CC1[NH+](C)C2CCCC1(c1cccc(OC(=O)c3cccnc3)c1)C2.[Br-]. The second-order valence-corrected chi connectivity index (χ2v) is 7.57. The van der Waals surface area contributed by atoms with Gasteiger partial charge >= 0.3 is 5.97 Å². The van der Waals surface area contributed by atoms with E-state index in [1.165, 1.54) is 37.4 Å². The van der Waals surface area contributed by atoms with E-state index in [2.05, 4.69) is 31.1 Å². The highest BCUT2D eigenvalue weighted by molar-refractivity contribution is 5.90. The first-order valence-electron chi connectivity index (χ1n) is 9.16. The number of fused-ring (bicyclic) bond motifs is 2. The van der Waals surface area contributed by atoms with Crippen LogP contribution in [0, 0.1) is 0 Å². The Hall–Kier alpha value is -1.72. The number of likely N-dealkylation sites (tertiary alicyclic amines) is 1. The third-order valence-corrected chi connectivity index (χ3v) is 6.46. The third-order valence-electron chi connectivity index (χ3n) is 6.46. The van der Waals surface area contributed by atoms with Crippen LogP contribution in [-0.2, 0) is 5.41 Å². The lowest BCUT2D eigenvalue weighted by molar-refractivity contribution is -0.916. The van der Waals surface area contributed by atoms with Crippen molar-refractivity contribution in [1.82, 2.24) is 4.98 Å². The average molecular weight is 417 g/mol. The molecule has 1 N–H and O–H groups in total. The fourth-order valence-corrected chi connectivity index (χ4v) is 4.91. The molecule has 5 heteroatoms. The highest BCUT2D eigenvalue weighted by Gasteiger charge is 2.55. The third kappa shape index (κ3) is 3.19. The van der Waals surface area contributed by atoms with Crippen molar-refractivity contribution < 1.29 is 31.4 Å². The first-order chi connectivity index (χ1) is 12.1. The Morgan fingerprint density at radius 2 is 2.15 bits per heavy atom. The van der Waals surface area contributed by atoms with Gasteiger partial charge < -0.3 is 26.6 Å². The van der Waals surface area contributed by atoms with Crippen LogP contribution in [0.3, 0.4) is 0 Å². The molecule has 2 bridgehead atoms. The van der Waals surface area contributed by atoms with E-state index in [1.54, 1.807) is 23.2 Å². The predicted octanol–water partition coefficient (Wildman–Crippen LogP) is -0.598. The molecule has 1 saturated heterocycles. The molecule has 2 heterocycles. The van der Waals surface area contributed by atoms with Crippen molar-refractivity contribution in [3.05, 3.63) is 59.9 Å². The number of pyridine rings is 1. The zero-order valence-electron chi connectivity index (χ0n) is 15.2. The number of aromatic nitrogens is 1. The number of likely N-dealkylation sites (N-methyl/N-ethyl adjacent to an activating group) is 1. The second-order valence-electron chi connectivity index (χ2n) is 7.57. The normalized spacial score (nSPS) is 29.7. The van der Waals surface area contributed by atoms with Crippen LogP contribution in [0.1, 0.15) is 48.5 Å². The molecule has 1 aromatic carbocycles. The number of nitrogens with zero attached hydrogens (tertiary/aromatic N) is 1. The summed E-state index contributed by atoms with van der Waals surface area (Å²) >= 11 is 0. The fourth-order valence-electron chi connectivity index (χ4n) is 4.91. The Labute approximate surface area is 165 Å². The lowest BCUT2D eigenvalue weighted by Gasteiger charge is -2.33. The largest absolute Gasteiger partial charge is 1.00 e. The molecule has 1 aromatic heterocycles. The maximum Gasteiger partial charge on any atom is 0.345 e. The highest BCUT2D eigenvalue weighted by atomic mass is 79.9. The van der Waals surface area contributed by atoms with Crippen molar-refractivity contribution in [3.63, 3.8) is 0 Å². The van der Waals surface area contributed by atoms with Crippen molar-refractivity contribution in [2.75, 3.05) is 7.05 Å². The van der Waals surface area contributed by atoms with E-state index in [0.29, 0.717) is 17.4 Å². The number of hydrogen-bond donors (Lipinski definition) is 1. The number of rotatable bonds is 3. The Morgan fingerprint density at radius 3 is 2.92 bits per heavy atom. The maximum atomic E-state index is 12.3. The van der Waals surface area contributed by atoms with Gasteiger partial charge in [0.25, 0.3) is 0 Å². The molecule has 1 aliphatic heterocycles. The van der Waals surface area contributed by atoms with Gasteiger partial charge in [-0.1, -0.05) is 12.1 Å². The van der Waals surface area contributed by atoms with E-state index in [4.69, 9.17) is 4.74 Å². The van der Waals surface area contributed by atoms with Gasteiger partial charge in [-0.3, -0.25) is 4.98 Å². The molecule has 4 unspecified atom stereocenters. The number of esters is 1. The topological polar surface area (TPSA) is 43.6 Å². The van der Waals surface area contributed by atoms with E-state index >= 15 is 0 Å². The van der Waals surface area contributed by atoms with Crippen LogP contribution >= 0.6 is 0 Å². The van der Waals surface area contributed by atoms with E-state index in [0.717, 1.165) is 6.04 Å². The number of nitrogens with one attached hydrogen (secondary N) is 1. The average Bonchev–Trinajstić information content (AvgIpc) is 2.83. The molecular formula is C21H25BrN2O2. The standard InChI is InChI=1S/C21H24N2O2.BrH/c1-15-21(10-4-8-18(13-21)23(15)2)17-7-3-9-19(12-17)25-20(24)16-6-5-11-22-14-16;/h3,5-7,9,11-12,14-15,18H,4,8,10,13H2,1-2H3;1H. The van der Waals surface area contributed by atoms with Crippen molar-refractivity contribution in [3.8, 4) is 5.75 Å². The second kappa shape index (κ2) is 7.49. The molecule has 4 nitrogen and oxygen atoms in total. The summed E-state index contributed by atoms with van der Waals surface area (Å²) in [5.41, 5.74) is 2.00. The van der Waals surface area contributed by atoms with E-state index in [1.807, 2.05) is 12.1 Å². The number of hydrogen-bond acceptors (Lipinski definition) is 3. The van der Waals surface area contributed by atoms with Gasteiger partial charge in [-0.25, -0.2) is 4.79 Å². The van der Waals surface area contributed by atoms with Crippen LogP contribution in [0.4, 0.5) is 0 Å². The number of carbonyl (C=O) groups is 1. The molecule has 4 atom stereocenters. The predicted molar refractivity (Wildman–Crippen MR) is 95.9 cm³/mol. The Kier molecular flexibility index (Phi) is 5.49. The maximum absolute atomic E-state index is 12.3. The minimum atomic E-state index is -0.355. The number of ether oxygens (including phenoxy) is 1. The quantitative estimate of drug-likeness (QED) is 0.536. The van der Waals surface area contributed by atoms with Gasteiger partial charge in [-0.05, 0) is 56.0 Å². The van der Waals surface area contributed by atoms with Gasteiger partial charge in [-0.2, -0.15) is 0 Å². The monoisotopic (exact) mass is 416 g/mol. The van der Waals surface area contributed by atoms with Crippen molar-refractivity contribution >= 4 is 5.97 Å². The number of halogens is 1.